The Morgan fingerprint density at radius 2 is 2.45 bits per heavy atom. The van der Waals surface area contributed by atoms with Gasteiger partial charge in [0.05, 0.1) is 0 Å². The van der Waals surface area contributed by atoms with Crippen LogP contribution < -0.4 is 5.73 Å². The van der Waals surface area contributed by atoms with Crippen molar-refractivity contribution in [1.29, 1.82) is 0 Å². The molecule has 1 nitrogen and oxygen atoms in total. The fourth-order valence-electron chi connectivity index (χ4n) is 1.58. The van der Waals surface area contributed by atoms with E-state index in [9.17, 15) is 0 Å². The van der Waals surface area contributed by atoms with Crippen LogP contribution in [-0.2, 0) is 0 Å². The van der Waals surface area contributed by atoms with Crippen LogP contribution in [0.25, 0.3) is 0 Å². The molecule has 1 aliphatic rings. The smallest absolute Gasteiger partial charge is 0.000795 e. The minimum Gasteiger partial charge on any atom is -0.330 e. The van der Waals surface area contributed by atoms with Gasteiger partial charge in [-0.25, -0.2) is 0 Å². The Hall–Kier alpha value is -0.210. The second kappa shape index (κ2) is 3.98. The van der Waals surface area contributed by atoms with Crippen molar-refractivity contribution >= 4 is 12.6 Å². The molecule has 0 fully saturated rings. The van der Waals surface area contributed by atoms with Crippen molar-refractivity contribution in [1.82, 2.24) is 0 Å². The summed E-state index contributed by atoms with van der Waals surface area (Å²) in [5.41, 5.74) is 6.88. The lowest BCUT2D eigenvalue weighted by Crippen LogP contribution is -2.19. The maximum Gasteiger partial charge on any atom is -0.000795 e. The van der Waals surface area contributed by atoms with Gasteiger partial charge in [0, 0.05) is 0 Å². The molecule has 62 valence electrons. The van der Waals surface area contributed by atoms with Gasteiger partial charge in [-0.1, -0.05) is 12.7 Å². The van der Waals surface area contributed by atoms with E-state index < -0.39 is 0 Å². The van der Waals surface area contributed by atoms with Gasteiger partial charge in [0.2, 0.25) is 0 Å². The first kappa shape index (κ1) is 8.88. The van der Waals surface area contributed by atoms with E-state index in [1.165, 1.54) is 23.3 Å². The van der Waals surface area contributed by atoms with E-state index in [4.69, 9.17) is 5.73 Å². The topological polar surface area (TPSA) is 26.0 Å². The molecule has 0 amide bonds. The lowest BCUT2D eigenvalue weighted by molar-refractivity contribution is 0.527. The summed E-state index contributed by atoms with van der Waals surface area (Å²) >= 11 is 4.40. The monoisotopic (exact) mass is 169 g/mol. The van der Waals surface area contributed by atoms with Crippen LogP contribution in [0.2, 0.25) is 0 Å². The summed E-state index contributed by atoms with van der Waals surface area (Å²) in [7, 11) is 0. The van der Waals surface area contributed by atoms with E-state index in [-0.39, 0.29) is 0 Å². The van der Waals surface area contributed by atoms with Gasteiger partial charge in [-0.3, -0.25) is 0 Å². The summed E-state index contributed by atoms with van der Waals surface area (Å²) in [5, 5.41) is 0. The van der Waals surface area contributed by atoms with Gasteiger partial charge in [-0.05, 0) is 42.2 Å². The minimum atomic E-state index is 0.508. The van der Waals surface area contributed by atoms with Crippen LogP contribution in [-0.4, -0.2) is 6.54 Å². The SMILES string of the molecule is C=CC1=C(S)CCCC1CN. The van der Waals surface area contributed by atoms with Crippen LogP contribution >= 0.6 is 12.6 Å². The lowest BCUT2D eigenvalue weighted by atomic mass is 9.87. The van der Waals surface area contributed by atoms with Gasteiger partial charge < -0.3 is 5.73 Å². The number of allylic oxidation sites excluding steroid dienone is 2. The third-order valence-electron chi connectivity index (χ3n) is 2.24. The highest BCUT2D eigenvalue weighted by Crippen LogP contribution is 2.31. The predicted octanol–water partition coefficient (Wildman–Crippen LogP) is 2.12. The molecule has 2 N–H and O–H groups in total. The standard InChI is InChI=1S/C9H15NS/c1-2-8-7(6-10)4-3-5-9(8)11/h2,7,11H,1,3-6,10H2. The highest BCUT2D eigenvalue weighted by molar-refractivity contribution is 7.84. The molecule has 1 rings (SSSR count). The molecule has 2 heteroatoms. The van der Waals surface area contributed by atoms with Crippen LogP contribution in [0.3, 0.4) is 0 Å². The molecule has 0 spiro atoms. The first-order valence-electron chi connectivity index (χ1n) is 4.04. The van der Waals surface area contributed by atoms with E-state index in [0.717, 1.165) is 13.0 Å². The molecule has 0 radical (unpaired) electrons. The molecule has 11 heavy (non-hydrogen) atoms. The zero-order chi connectivity index (χ0) is 8.27. The highest BCUT2D eigenvalue weighted by Gasteiger charge is 2.17. The van der Waals surface area contributed by atoms with Gasteiger partial charge >= 0.3 is 0 Å². The molecule has 0 aliphatic heterocycles. The zero-order valence-corrected chi connectivity index (χ0v) is 7.61. The summed E-state index contributed by atoms with van der Waals surface area (Å²) in [6.07, 6.45) is 5.42. The van der Waals surface area contributed by atoms with E-state index >= 15 is 0 Å². The van der Waals surface area contributed by atoms with Crippen molar-refractivity contribution in [3.8, 4) is 0 Å². The van der Waals surface area contributed by atoms with Crippen LogP contribution in [0.4, 0.5) is 0 Å². The Bertz CT molecular complexity index is 184. The summed E-state index contributed by atoms with van der Waals surface area (Å²) in [4.78, 5) is 1.18. The Labute approximate surface area is 73.8 Å². The third kappa shape index (κ3) is 1.88. The van der Waals surface area contributed by atoms with Crippen molar-refractivity contribution in [3.05, 3.63) is 23.1 Å². The molecule has 0 aromatic carbocycles. The molecule has 0 aromatic heterocycles. The summed E-state index contributed by atoms with van der Waals surface area (Å²) in [6, 6.07) is 0. The average molecular weight is 169 g/mol. The van der Waals surface area contributed by atoms with Crippen LogP contribution in [0.15, 0.2) is 23.1 Å². The van der Waals surface area contributed by atoms with E-state index in [2.05, 4.69) is 19.2 Å². The fourth-order valence-corrected chi connectivity index (χ4v) is 2.01. The highest BCUT2D eigenvalue weighted by atomic mass is 32.1. The van der Waals surface area contributed by atoms with Crippen LogP contribution in [0.1, 0.15) is 19.3 Å². The molecule has 0 saturated heterocycles. The summed E-state index contributed by atoms with van der Waals surface area (Å²) < 4.78 is 0. The summed E-state index contributed by atoms with van der Waals surface area (Å²) in [5.74, 6) is 0.508. The largest absolute Gasteiger partial charge is 0.330 e. The molecule has 0 heterocycles. The number of nitrogens with two attached hydrogens (primary N) is 1. The van der Waals surface area contributed by atoms with Gasteiger partial charge in [-0.2, -0.15) is 0 Å². The summed E-state index contributed by atoms with van der Waals surface area (Å²) in [6.45, 7) is 4.50. The fraction of sp³-hybridized carbons (Fsp3) is 0.556. The Morgan fingerprint density at radius 1 is 1.73 bits per heavy atom. The average Bonchev–Trinajstić information content (AvgIpc) is 2.04. The third-order valence-corrected chi connectivity index (χ3v) is 2.73. The van der Waals surface area contributed by atoms with Crippen molar-refractivity contribution in [2.24, 2.45) is 11.7 Å². The van der Waals surface area contributed by atoms with Crippen molar-refractivity contribution in [2.45, 2.75) is 19.3 Å². The normalized spacial score (nSPS) is 25.5. The van der Waals surface area contributed by atoms with Crippen molar-refractivity contribution in [3.63, 3.8) is 0 Å². The Kier molecular flexibility index (Phi) is 3.21. The molecular weight excluding hydrogens is 154 g/mol. The van der Waals surface area contributed by atoms with Gasteiger partial charge in [0.25, 0.3) is 0 Å². The molecule has 0 saturated carbocycles. The van der Waals surface area contributed by atoms with Crippen molar-refractivity contribution in [2.75, 3.05) is 6.54 Å². The molecule has 1 atom stereocenters. The van der Waals surface area contributed by atoms with Gasteiger partial charge in [0.1, 0.15) is 0 Å². The molecule has 0 bridgehead atoms. The zero-order valence-electron chi connectivity index (χ0n) is 6.71. The second-order valence-corrected chi connectivity index (χ2v) is 3.47. The molecule has 0 aromatic rings. The molecule has 1 aliphatic carbocycles. The number of rotatable bonds is 2. The number of hydrogen-bond acceptors (Lipinski definition) is 2. The predicted molar refractivity (Wildman–Crippen MR) is 52.6 cm³/mol. The lowest BCUT2D eigenvalue weighted by Gasteiger charge is -2.23. The molecular formula is C9H15NS. The van der Waals surface area contributed by atoms with Crippen LogP contribution in [0.5, 0.6) is 0 Å². The van der Waals surface area contributed by atoms with Gasteiger partial charge in [0.15, 0.2) is 0 Å². The first-order valence-corrected chi connectivity index (χ1v) is 4.48. The van der Waals surface area contributed by atoms with Crippen LogP contribution in [0, 0.1) is 5.92 Å². The Morgan fingerprint density at radius 3 is 2.91 bits per heavy atom. The van der Waals surface area contributed by atoms with E-state index in [0.29, 0.717) is 5.92 Å². The second-order valence-electron chi connectivity index (χ2n) is 2.93. The quantitative estimate of drug-likeness (QED) is 0.608. The molecule has 1 unspecified atom stereocenters. The maximum atomic E-state index is 5.62. The maximum absolute atomic E-state index is 5.62. The van der Waals surface area contributed by atoms with E-state index in [1.807, 2.05) is 6.08 Å². The first-order chi connectivity index (χ1) is 5.29. The number of hydrogen-bond donors (Lipinski definition) is 2. The Balaban J connectivity index is 2.81. The van der Waals surface area contributed by atoms with Gasteiger partial charge in [-0.15, -0.1) is 12.6 Å². The minimum absolute atomic E-state index is 0.508. The number of thiol groups is 1. The van der Waals surface area contributed by atoms with Crippen molar-refractivity contribution < 1.29 is 0 Å². The van der Waals surface area contributed by atoms with E-state index in [1.54, 1.807) is 0 Å².